The van der Waals surface area contributed by atoms with Crippen LogP contribution in [0.1, 0.15) is 55.7 Å². The Hall–Kier alpha value is -2.34. The Balaban J connectivity index is 1.62. The standard InChI is InChI=1S/C24H30N2O3S/c1-24(2,3)23(28)26(17-7-8-17)15-21(27)25-13-11-20-19(12-14-30-20)22(25)16-5-9-18(29-4)10-6-16/h5-6,9-10,12,14,17,22H,7-8,11,13,15H2,1-4H3/t22-/m0/s1. The summed E-state index contributed by atoms with van der Waals surface area (Å²) in [6, 6.07) is 10.2. The van der Waals surface area contributed by atoms with Crippen LogP contribution in [0.5, 0.6) is 5.75 Å². The molecule has 2 amide bonds. The van der Waals surface area contributed by atoms with Crippen molar-refractivity contribution in [3.63, 3.8) is 0 Å². The van der Waals surface area contributed by atoms with E-state index in [1.54, 1.807) is 18.4 Å². The number of carbonyl (C=O) groups excluding carboxylic acids is 2. The first-order valence-corrected chi connectivity index (χ1v) is 11.5. The lowest BCUT2D eigenvalue weighted by Crippen LogP contribution is -2.49. The van der Waals surface area contributed by atoms with Crippen molar-refractivity contribution < 1.29 is 14.3 Å². The van der Waals surface area contributed by atoms with Crippen LogP contribution < -0.4 is 4.74 Å². The molecule has 6 heteroatoms. The zero-order valence-electron chi connectivity index (χ0n) is 18.2. The Morgan fingerprint density at radius 2 is 1.87 bits per heavy atom. The average molecular weight is 427 g/mol. The zero-order chi connectivity index (χ0) is 21.5. The SMILES string of the molecule is COc1ccc([C@H]2c3ccsc3CCN2C(=O)CN(C(=O)C(C)(C)C)C2CC2)cc1. The molecule has 0 saturated heterocycles. The number of benzene rings is 1. The van der Waals surface area contributed by atoms with Crippen LogP contribution in [-0.2, 0) is 16.0 Å². The van der Waals surface area contributed by atoms with Crippen molar-refractivity contribution in [3.8, 4) is 5.75 Å². The number of amides is 2. The van der Waals surface area contributed by atoms with E-state index in [-0.39, 0.29) is 30.4 Å². The molecule has 0 spiro atoms. The topological polar surface area (TPSA) is 49.9 Å². The van der Waals surface area contributed by atoms with Crippen LogP contribution in [0.4, 0.5) is 0 Å². The van der Waals surface area contributed by atoms with Gasteiger partial charge in [-0.25, -0.2) is 0 Å². The van der Waals surface area contributed by atoms with Gasteiger partial charge in [0, 0.05) is 22.9 Å². The van der Waals surface area contributed by atoms with Crippen LogP contribution in [0.2, 0.25) is 0 Å². The highest BCUT2D eigenvalue weighted by molar-refractivity contribution is 7.10. The molecule has 160 valence electrons. The maximum Gasteiger partial charge on any atom is 0.243 e. The lowest BCUT2D eigenvalue weighted by molar-refractivity contribution is -0.147. The van der Waals surface area contributed by atoms with Gasteiger partial charge in [0.2, 0.25) is 11.8 Å². The summed E-state index contributed by atoms with van der Waals surface area (Å²) in [6.45, 7) is 6.60. The maximum atomic E-state index is 13.5. The minimum absolute atomic E-state index is 0.0252. The maximum absolute atomic E-state index is 13.5. The van der Waals surface area contributed by atoms with Crippen molar-refractivity contribution in [2.24, 2.45) is 5.41 Å². The van der Waals surface area contributed by atoms with E-state index in [4.69, 9.17) is 4.74 Å². The first kappa shape index (κ1) is 20.9. The molecular weight excluding hydrogens is 396 g/mol. The number of thiophene rings is 1. The lowest BCUT2D eigenvalue weighted by atomic mass is 9.92. The molecule has 0 radical (unpaired) electrons. The third-order valence-corrected chi connectivity index (χ3v) is 6.91. The number of hydrogen-bond donors (Lipinski definition) is 0. The normalized spacial score (nSPS) is 18.7. The van der Waals surface area contributed by atoms with Gasteiger partial charge in [-0.15, -0.1) is 11.3 Å². The van der Waals surface area contributed by atoms with E-state index in [9.17, 15) is 9.59 Å². The molecule has 1 aliphatic heterocycles. The van der Waals surface area contributed by atoms with E-state index in [0.717, 1.165) is 30.6 Å². The Labute approximate surface area is 182 Å². The fraction of sp³-hybridized carbons (Fsp3) is 0.500. The molecule has 1 aromatic carbocycles. The summed E-state index contributed by atoms with van der Waals surface area (Å²) in [5, 5.41) is 2.11. The Kier molecular flexibility index (Phi) is 5.62. The molecule has 0 N–H and O–H groups in total. The molecule has 1 fully saturated rings. The average Bonchev–Trinajstić information content (AvgIpc) is 3.46. The molecule has 1 aliphatic carbocycles. The van der Waals surface area contributed by atoms with Crippen LogP contribution in [0.3, 0.4) is 0 Å². The van der Waals surface area contributed by atoms with Crippen molar-refractivity contribution in [1.82, 2.24) is 9.80 Å². The second-order valence-electron chi connectivity index (χ2n) is 9.23. The molecule has 5 nitrogen and oxygen atoms in total. The van der Waals surface area contributed by atoms with Crippen molar-refractivity contribution >= 4 is 23.2 Å². The number of rotatable bonds is 5. The summed E-state index contributed by atoms with van der Waals surface area (Å²) in [4.78, 5) is 31.6. The highest BCUT2D eigenvalue weighted by Crippen LogP contribution is 2.39. The van der Waals surface area contributed by atoms with Crippen LogP contribution in [-0.4, -0.2) is 47.9 Å². The van der Waals surface area contributed by atoms with Gasteiger partial charge in [-0.3, -0.25) is 9.59 Å². The van der Waals surface area contributed by atoms with E-state index in [2.05, 4.69) is 11.4 Å². The van der Waals surface area contributed by atoms with E-state index < -0.39 is 5.41 Å². The van der Waals surface area contributed by atoms with Gasteiger partial charge in [0.15, 0.2) is 0 Å². The number of ether oxygens (including phenoxy) is 1. The van der Waals surface area contributed by atoms with E-state index in [1.807, 2.05) is 54.8 Å². The Bertz CT molecular complexity index is 925. The highest BCUT2D eigenvalue weighted by Gasteiger charge is 2.40. The quantitative estimate of drug-likeness (QED) is 0.718. The van der Waals surface area contributed by atoms with Gasteiger partial charge in [-0.2, -0.15) is 0 Å². The van der Waals surface area contributed by atoms with E-state index >= 15 is 0 Å². The number of carbonyl (C=O) groups is 2. The minimum atomic E-state index is -0.485. The van der Waals surface area contributed by atoms with Gasteiger partial charge in [0.25, 0.3) is 0 Å². The summed E-state index contributed by atoms with van der Waals surface area (Å²) in [5.74, 6) is 0.887. The van der Waals surface area contributed by atoms with Gasteiger partial charge < -0.3 is 14.5 Å². The highest BCUT2D eigenvalue weighted by atomic mass is 32.1. The number of nitrogens with zero attached hydrogens (tertiary/aromatic N) is 2. The number of methoxy groups -OCH3 is 1. The second kappa shape index (κ2) is 8.06. The predicted molar refractivity (Wildman–Crippen MR) is 119 cm³/mol. The molecule has 2 aliphatic rings. The second-order valence-corrected chi connectivity index (χ2v) is 10.2. The fourth-order valence-electron chi connectivity index (χ4n) is 4.15. The Morgan fingerprint density at radius 3 is 2.47 bits per heavy atom. The van der Waals surface area contributed by atoms with Crippen molar-refractivity contribution in [2.45, 2.75) is 52.1 Å². The summed E-state index contributed by atoms with van der Waals surface area (Å²) in [7, 11) is 1.65. The van der Waals surface area contributed by atoms with Gasteiger partial charge in [0.1, 0.15) is 12.3 Å². The van der Waals surface area contributed by atoms with Gasteiger partial charge >= 0.3 is 0 Å². The van der Waals surface area contributed by atoms with Crippen LogP contribution in [0.15, 0.2) is 35.7 Å². The number of hydrogen-bond acceptors (Lipinski definition) is 4. The summed E-state index contributed by atoms with van der Waals surface area (Å²) in [6.07, 6.45) is 2.85. The Morgan fingerprint density at radius 1 is 1.17 bits per heavy atom. The lowest BCUT2D eigenvalue weighted by Gasteiger charge is -2.38. The van der Waals surface area contributed by atoms with Crippen molar-refractivity contribution in [3.05, 3.63) is 51.7 Å². The molecule has 1 saturated carbocycles. The van der Waals surface area contributed by atoms with Crippen LogP contribution in [0, 0.1) is 5.41 Å². The number of fused-ring (bicyclic) bond motifs is 1. The van der Waals surface area contributed by atoms with Crippen LogP contribution >= 0.6 is 11.3 Å². The van der Waals surface area contributed by atoms with Crippen LogP contribution in [0.25, 0.3) is 0 Å². The first-order valence-electron chi connectivity index (χ1n) is 10.6. The largest absolute Gasteiger partial charge is 0.497 e. The van der Waals surface area contributed by atoms with Gasteiger partial charge in [-0.1, -0.05) is 32.9 Å². The minimum Gasteiger partial charge on any atom is -0.497 e. The molecule has 0 bridgehead atoms. The van der Waals surface area contributed by atoms with Gasteiger partial charge in [0.05, 0.1) is 13.2 Å². The first-order chi connectivity index (χ1) is 14.3. The molecule has 2 heterocycles. The van der Waals surface area contributed by atoms with Gasteiger partial charge in [-0.05, 0) is 54.0 Å². The monoisotopic (exact) mass is 426 g/mol. The van der Waals surface area contributed by atoms with Crippen molar-refractivity contribution in [1.29, 1.82) is 0 Å². The molecule has 0 unspecified atom stereocenters. The molecule has 1 atom stereocenters. The molecule has 4 rings (SSSR count). The predicted octanol–water partition coefficient (Wildman–Crippen LogP) is 4.27. The molecule has 1 aromatic heterocycles. The third-order valence-electron chi connectivity index (χ3n) is 5.91. The van der Waals surface area contributed by atoms with E-state index in [0.29, 0.717) is 6.54 Å². The van der Waals surface area contributed by atoms with E-state index in [1.165, 1.54) is 10.4 Å². The zero-order valence-corrected chi connectivity index (χ0v) is 19.0. The fourth-order valence-corrected chi connectivity index (χ4v) is 5.05. The van der Waals surface area contributed by atoms with Crippen molar-refractivity contribution in [2.75, 3.05) is 20.2 Å². The summed E-state index contributed by atoms with van der Waals surface area (Å²) >= 11 is 1.76. The summed E-state index contributed by atoms with van der Waals surface area (Å²) < 4.78 is 5.31. The summed E-state index contributed by atoms with van der Waals surface area (Å²) in [5.41, 5.74) is 1.79. The molecule has 2 aromatic rings. The molecular formula is C24H30N2O3S. The smallest absolute Gasteiger partial charge is 0.243 e. The third kappa shape index (κ3) is 4.10. The molecule has 30 heavy (non-hydrogen) atoms.